The Labute approximate surface area is 108 Å². The number of carbonyl (C=O) groups is 1. The van der Waals surface area contributed by atoms with Crippen molar-refractivity contribution in [3.8, 4) is 0 Å². The first-order chi connectivity index (χ1) is 8.75. The Hall–Kier alpha value is -0.650. The Bertz CT molecular complexity index is 305. The van der Waals surface area contributed by atoms with E-state index in [0.717, 1.165) is 58.7 Å². The summed E-state index contributed by atoms with van der Waals surface area (Å²) in [6.45, 7) is 5.50. The SMILES string of the molecule is O=C(O)C(C1CC1)N1CCN(C2CCOC2)CC1. The van der Waals surface area contributed by atoms with Crippen molar-refractivity contribution < 1.29 is 14.6 Å². The molecule has 3 aliphatic rings. The molecule has 1 saturated carbocycles. The van der Waals surface area contributed by atoms with E-state index in [1.807, 2.05) is 0 Å². The lowest BCUT2D eigenvalue weighted by Gasteiger charge is -2.40. The van der Waals surface area contributed by atoms with Crippen LogP contribution in [0.15, 0.2) is 0 Å². The van der Waals surface area contributed by atoms with E-state index < -0.39 is 5.97 Å². The molecular weight excluding hydrogens is 232 g/mol. The Balaban J connectivity index is 1.53. The molecule has 0 bridgehead atoms. The molecule has 3 fully saturated rings. The second kappa shape index (κ2) is 5.15. The maximum atomic E-state index is 11.3. The molecule has 18 heavy (non-hydrogen) atoms. The van der Waals surface area contributed by atoms with Crippen molar-refractivity contribution in [1.29, 1.82) is 0 Å². The molecule has 2 saturated heterocycles. The van der Waals surface area contributed by atoms with E-state index in [2.05, 4.69) is 9.80 Å². The number of carboxylic acids is 1. The van der Waals surface area contributed by atoms with Crippen molar-refractivity contribution in [3.63, 3.8) is 0 Å². The van der Waals surface area contributed by atoms with Gasteiger partial charge in [0.15, 0.2) is 0 Å². The van der Waals surface area contributed by atoms with Gasteiger partial charge in [0.05, 0.1) is 6.61 Å². The summed E-state index contributed by atoms with van der Waals surface area (Å²) < 4.78 is 5.42. The smallest absolute Gasteiger partial charge is 0.321 e. The Morgan fingerprint density at radius 3 is 2.39 bits per heavy atom. The molecule has 1 N–H and O–H groups in total. The molecule has 0 spiro atoms. The van der Waals surface area contributed by atoms with Gasteiger partial charge in [-0.05, 0) is 25.2 Å². The van der Waals surface area contributed by atoms with Crippen LogP contribution in [0.4, 0.5) is 0 Å². The molecule has 5 nitrogen and oxygen atoms in total. The maximum absolute atomic E-state index is 11.3. The zero-order valence-corrected chi connectivity index (χ0v) is 10.8. The number of aliphatic carboxylic acids is 1. The molecule has 3 rings (SSSR count). The van der Waals surface area contributed by atoms with E-state index in [4.69, 9.17) is 4.74 Å². The number of hydrogen-bond acceptors (Lipinski definition) is 4. The van der Waals surface area contributed by atoms with Crippen LogP contribution >= 0.6 is 0 Å². The second-order valence-electron chi connectivity index (χ2n) is 5.71. The lowest BCUT2D eigenvalue weighted by molar-refractivity contribution is -0.145. The highest BCUT2D eigenvalue weighted by atomic mass is 16.5. The van der Waals surface area contributed by atoms with E-state index in [1.165, 1.54) is 0 Å². The number of ether oxygens (including phenoxy) is 1. The molecule has 2 heterocycles. The van der Waals surface area contributed by atoms with Crippen LogP contribution in [-0.4, -0.2) is 72.4 Å². The van der Waals surface area contributed by atoms with Gasteiger partial charge in [-0.2, -0.15) is 0 Å². The summed E-state index contributed by atoms with van der Waals surface area (Å²) >= 11 is 0. The summed E-state index contributed by atoms with van der Waals surface area (Å²) in [5.74, 6) is -0.223. The number of hydrogen-bond donors (Lipinski definition) is 1. The van der Waals surface area contributed by atoms with Crippen LogP contribution in [0.1, 0.15) is 19.3 Å². The number of rotatable bonds is 4. The van der Waals surface area contributed by atoms with Gasteiger partial charge in [-0.15, -0.1) is 0 Å². The summed E-state index contributed by atoms with van der Waals surface area (Å²) in [5.41, 5.74) is 0. The third kappa shape index (κ3) is 2.53. The van der Waals surface area contributed by atoms with Gasteiger partial charge in [0.25, 0.3) is 0 Å². The van der Waals surface area contributed by atoms with Crippen LogP contribution in [0, 0.1) is 5.92 Å². The lowest BCUT2D eigenvalue weighted by Crippen LogP contribution is -2.55. The Kier molecular flexibility index (Phi) is 3.54. The second-order valence-corrected chi connectivity index (χ2v) is 5.71. The van der Waals surface area contributed by atoms with E-state index in [-0.39, 0.29) is 6.04 Å². The first-order valence-electron chi connectivity index (χ1n) is 7.04. The van der Waals surface area contributed by atoms with Crippen LogP contribution in [0.5, 0.6) is 0 Å². The predicted octanol–water partition coefficient (Wildman–Crippen LogP) is 0.256. The molecule has 2 atom stereocenters. The molecule has 1 aliphatic carbocycles. The summed E-state index contributed by atoms with van der Waals surface area (Å²) in [4.78, 5) is 16.0. The summed E-state index contributed by atoms with van der Waals surface area (Å²) in [6, 6.07) is 0.336. The fraction of sp³-hybridized carbons (Fsp3) is 0.923. The molecule has 2 unspecified atom stereocenters. The van der Waals surface area contributed by atoms with Gasteiger partial charge in [0.2, 0.25) is 0 Å². The first kappa shape index (κ1) is 12.4. The van der Waals surface area contributed by atoms with Crippen LogP contribution in [-0.2, 0) is 9.53 Å². The summed E-state index contributed by atoms with van der Waals surface area (Å²) in [6.07, 6.45) is 3.31. The van der Waals surface area contributed by atoms with Crippen molar-refractivity contribution in [2.24, 2.45) is 5.92 Å². The molecule has 0 aromatic rings. The fourth-order valence-corrected chi connectivity index (χ4v) is 3.26. The minimum atomic E-state index is -0.629. The average Bonchev–Trinajstić information content (AvgIpc) is 3.04. The van der Waals surface area contributed by atoms with Crippen LogP contribution in [0.3, 0.4) is 0 Å². The standard InChI is InChI=1S/C13H22N2O3/c16-13(17)12(10-1-2-10)15-6-4-14(5-7-15)11-3-8-18-9-11/h10-12H,1-9H2,(H,16,17). The van der Waals surface area contributed by atoms with Gasteiger partial charge in [-0.3, -0.25) is 14.6 Å². The van der Waals surface area contributed by atoms with Gasteiger partial charge in [-0.25, -0.2) is 0 Å². The third-order valence-electron chi connectivity index (χ3n) is 4.49. The summed E-state index contributed by atoms with van der Waals surface area (Å²) in [7, 11) is 0. The Morgan fingerprint density at radius 1 is 1.17 bits per heavy atom. The van der Waals surface area contributed by atoms with Crippen molar-refractivity contribution in [2.75, 3.05) is 39.4 Å². The average molecular weight is 254 g/mol. The van der Waals surface area contributed by atoms with Crippen molar-refractivity contribution in [3.05, 3.63) is 0 Å². The van der Waals surface area contributed by atoms with Gasteiger partial charge < -0.3 is 9.84 Å². The highest BCUT2D eigenvalue weighted by Crippen LogP contribution is 2.36. The first-order valence-corrected chi connectivity index (χ1v) is 7.04. The van der Waals surface area contributed by atoms with E-state index in [1.54, 1.807) is 0 Å². The van der Waals surface area contributed by atoms with E-state index in [9.17, 15) is 9.90 Å². The zero-order chi connectivity index (χ0) is 12.5. The van der Waals surface area contributed by atoms with E-state index >= 15 is 0 Å². The third-order valence-corrected chi connectivity index (χ3v) is 4.49. The van der Waals surface area contributed by atoms with Crippen molar-refractivity contribution in [1.82, 2.24) is 9.80 Å². The molecule has 0 aromatic carbocycles. The van der Waals surface area contributed by atoms with E-state index in [0.29, 0.717) is 12.0 Å². The van der Waals surface area contributed by atoms with Crippen LogP contribution in [0.25, 0.3) is 0 Å². The monoisotopic (exact) mass is 254 g/mol. The van der Waals surface area contributed by atoms with Crippen molar-refractivity contribution in [2.45, 2.75) is 31.3 Å². The van der Waals surface area contributed by atoms with Crippen LogP contribution in [0.2, 0.25) is 0 Å². The predicted molar refractivity (Wildman–Crippen MR) is 66.5 cm³/mol. The highest BCUT2D eigenvalue weighted by Gasteiger charge is 2.41. The molecule has 0 amide bonds. The van der Waals surface area contributed by atoms with Gasteiger partial charge in [0.1, 0.15) is 6.04 Å². The topological polar surface area (TPSA) is 53.0 Å². The molecule has 0 radical (unpaired) electrons. The maximum Gasteiger partial charge on any atom is 0.321 e. The Morgan fingerprint density at radius 2 is 1.89 bits per heavy atom. The van der Waals surface area contributed by atoms with Gasteiger partial charge in [-0.1, -0.05) is 0 Å². The van der Waals surface area contributed by atoms with Gasteiger partial charge >= 0.3 is 5.97 Å². The fourth-order valence-electron chi connectivity index (χ4n) is 3.26. The molecule has 5 heteroatoms. The van der Waals surface area contributed by atoms with Crippen LogP contribution < -0.4 is 0 Å². The zero-order valence-electron chi connectivity index (χ0n) is 10.8. The number of carboxylic acid groups (broad SMARTS) is 1. The quantitative estimate of drug-likeness (QED) is 0.780. The lowest BCUT2D eigenvalue weighted by atomic mass is 10.1. The molecular formula is C13H22N2O3. The largest absolute Gasteiger partial charge is 0.480 e. The number of nitrogens with zero attached hydrogens (tertiary/aromatic N) is 2. The molecule has 0 aromatic heterocycles. The normalized spacial score (nSPS) is 32.6. The summed E-state index contributed by atoms with van der Waals surface area (Å²) in [5, 5.41) is 9.34. The molecule has 2 aliphatic heterocycles. The highest BCUT2D eigenvalue weighted by molar-refractivity contribution is 5.74. The minimum absolute atomic E-state index is 0.230. The number of piperazine rings is 1. The van der Waals surface area contributed by atoms with Gasteiger partial charge in [0, 0.05) is 38.8 Å². The van der Waals surface area contributed by atoms with Crippen molar-refractivity contribution >= 4 is 5.97 Å². The molecule has 102 valence electrons. The minimum Gasteiger partial charge on any atom is -0.480 e.